The van der Waals surface area contributed by atoms with Gasteiger partial charge in [0.25, 0.3) is 0 Å². The predicted octanol–water partition coefficient (Wildman–Crippen LogP) is 2.65. The van der Waals surface area contributed by atoms with Gasteiger partial charge in [-0.2, -0.15) is 0 Å². The molecule has 3 rings (SSSR count). The van der Waals surface area contributed by atoms with E-state index in [0.29, 0.717) is 12.1 Å². The second-order valence-corrected chi connectivity index (χ2v) is 7.16. The molecule has 0 radical (unpaired) electrons. The highest BCUT2D eigenvalue weighted by atomic mass is 32.2. The molecule has 1 aromatic heterocycles. The number of nitrogens with one attached hydrogen (secondary N) is 1. The number of sulfonamides is 1. The van der Waals surface area contributed by atoms with Crippen molar-refractivity contribution in [1.82, 2.24) is 9.55 Å². The van der Waals surface area contributed by atoms with E-state index in [1.807, 2.05) is 31.3 Å². The first-order valence-corrected chi connectivity index (χ1v) is 8.89. The fourth-order valence-electron chi connectivity index (χ4n) is 2.73. The smallest absolute Gasteiger partial charge is 0.232 e. The zero-order valence-corrected chi connectivity index (χ0v) is 12.9. The van der Waals surface area contributed by atoms with Gasteiger partial charge in [-0.05, 0) is 25.0 Å². The summed E-state index contributed by atoms with van der Waals surface area (Å²) in [5.74, 6) is 1.25. The quantitative estimate of drug-likeness (QED) is 0.923. The van der Waals surface area contributed by atoms with Gasteiger partial charge in [-0.3, -0.25) is 4.72 Å². The molecule has 0 fully saturated rings. The maximum Gasteiger partial charge on any atom is 0.232 e. The molecule has 5 nitrogen and oxygen atoms in total. The van der Waals surface area contributed by atoms with Crippen LogP contribution in [-0.4, -0.2) is 23.7 Å². The summed E-state index contributed by atoms with van der Waals surface area (Å²) >= 11 is 0. The normalized spacial score (nSPS) is 14.1. The highest BCUT2D eigenvalue weighted by molar-refractivity contribution is 7.92. The lowest BCUT2D eigenvalue weighted by molar-refractivity contribution is 0.600. The molecule has 0 unspecified atom stereocenters. The molecule has 0 amide bonds. The molecule has 112 valence electrons. The number of benzene rings is 1. The highest BCUT2D eigenvalue weighted by Gasteiger charge is 2.17. The van der Waals surface area contributed by atoms with Crippen molar-refractivity contribution in [3.63, 3.8) is 0 Å². The average molecular weight is 305 g/mol. The number of anilines is 1. The highest BCUT2D eigenvalue weighted by Crippen LogP contribution is 2.27. The van der Waals surface area contributed by atoms with Crippen LogP contribution in [0.4, 0.5) is 5.69 Å². The van der Waals surface area contributed by atoms with Gasteiger partial charge in [0.2, 0.25) is 10.0 Å². The van der Waals surface area contributed by atoms with Crippen molar-refractivity contribution in [3.8, 4) is 11.3 Å². The topological polar surface area (TPSA) is 64.0 Å². The maximum atomic E-state index is 11.9. The Morgan fingerprint density at radius 1 is 1.38 bits per heavy atom. The first kappa shape index (κ1) is 14.1. The van der Waals surface area contributed by atoms with Gasteiger partial charge in [-0.1, -0.05) is 19.1 Å². The van der Waals surface area contributed by atoms with Gasteiger partial charge in [0.05, 0.1) is 17.6 Å². The van der Waals surface area contributed by atoms with Gasteiger partial charge >= 0.3 is 0 Å². The largest absolute Gasteiger partial charge is 0.328 e. The Labute approximate surface area is 125 Å². The first-order valence-electron chi connectivity index (χ1n) is 7.24. The molecule has 1 N–H and O–H groups in total. The molecule has 2 heterocycles. The number of hydrogen-bond acceptors (Lipinski definition) is 3. The summed E-state index contributed by atoms with van der Waals surface area (Å²) < 4.78 is 28.6. The Morgan fingerprint density at radius 2 is 2.24 bits per heavy atom. The van der Waals surface area contributed by atoms with Gasteiger partial charge in [0, 0.05) is 24.2 Å². The van der Waals surface area contributed by atoms with Gasteiger partial charge in [0.1, 0.15) is 5.82 Å². The van der Waals surface area contributed by atoms with E-state index in [-0.39, 0.29) is 5.75 Å². The Hall–Kier alpha value is -1.82. The second-order valence-electron chi connectivity index (χ2n) is 5.32. The Kier molecular flexibility index (Phi) is 3.71. The van der Waals surface area contributed by atoms with Crippen LogP contribution in [0.1, 0.15) is 25.6 Å². The van der Waals surface area contributed by atoms with E-state index >= 15 is 0 Å². The number of rotatable bonds is 5. The lowest BCUT2D eigenvalue weighted by Crippen LogP contribution is -2.16. The van der Waals surface area contributed by atoms with Crippen molar-refractivity contribution < 1.29 is 8.42 Å². The molecular weight excluding hydrogens is 286 g/mol. The molecule has 0 spiro atoms. The lowest BCUT2D eigenvalue weighted by Gasteiger charge is -2.10. The SMILES string of the molecule is CCCS(=O)(=O)Nc1cccc(-c2cnc3n2CCC3)c1. The molecule has 0 aliphatic carbocycles. The lowest BCUT2D eigenvalue weighted by atomic mass is 10.1. The van der Waals surface area contributed by atoms with Crippen LogP contribution in [0.2, 0.25) is 0 Å². The molecule has 6 heteroatoms. The zero-order chi connectivity index (χ0) is 14.9. The monoisotopic (exact) mass is 305 g/mol. The van der Waals surface area contributed by atoms with Crippen LogP contribution >= 0.6 is 0 Å². The summed E-state index contributed by atoms with van der Waals surface area (Å²) in [5.41, 5.74) is 2.65. The van der Waals surface area contributed by atoms with Crippen LogP contribution in [0.5, 0.6) is 0 Å². The van der Waals surface area contributed by atoms with Crippen molar-refractivity contribution in [2.24, 2.45) is 0 Å². The molecule has 1 aliphatic rings. The summed E-state index contributed by atoms with van der Waals surface area (Å²) in [6, 6.07) is 7.50. The number of aryl methyl sites for hydroxylation is 1. The van der Waals surface area contributed by atoms with Gasteiger partial charge < -0.3 is 4.57 Å². The van der Waals surface area contributed by atoms with Crippen LogP contribution in [-0.2, 0) is 23.0 Å². The maximum absolute atomic E-state index is 11.9. The first-order chi connectivity index (χ1) is 10.1. The van der Waals surface area contributed by atoms with E-state index < -0.39 is 10.0 Å². The fraction of sp³-hybridized carbons (Fsp3) is 0.400. The fourth-order valence-corrected chi connectivity index (χ4v) is 3.86. The molecule has 0 bridgehead atoms. The molecule has 0 saturated heterocycles. The van der Waals surface area contributed by atoms with Crippen molar-refractivity contribution in [2.75, 3.05) is 10.5 Å². The van der Waals surface area contributed by atoms with Gasteiger partial charge in [-0.15, -0.1) is 0 Å². The van der Waals surface area contributed by atoms with Crippen molar-refractivity contribution >= 4 is 15.7 Å². The molecule has 1 aliphatic heterocycles. The Bertz CT molecular complexity index is 750. The third-order valence-electron chi connectivity index (χ3n) is 3.62. The molecule has 1 aromatic carbocycles. The molecule has 2 aromatic rings. The van der Waals surface area contributed by atoms with Crippen LogP contribution in [0.3, 0.4) is 0 Å². The number of aromatic nitrogens is 2. The summed E-state index contributed by atoms with van der Waals surface area (Å²) in [4.78, 5) is 4.43. The number of nitrogens with zero attached hydrogens (tertiary/aromatic N) is 2. The van der Waals surface area contributed by atoms with E-state index in [1.165, 1.54) is 0 Å². The van der Waals surface area contributed by atoms with Gasteiger partial charge in [0.15, 0.2) is 0 Å². The summed E-state index contributed by atoms with van der Waals surface area (Å²) in [6.07, 6.45) is 4.61. The minimum atomic E-state index is -3.25. The minimum Gasteiger partial charge on any atom is -0.328 e. The zero-order valence-electron chi connectivity index (χ0n) is 12.0. The van der Waals surface area contributed by atoms with E-state index in [9.17, 15) is 8.42 Å². The third kappa shape index (κ3) is 2.95. The van der Waals surface area contributed by atoms with Crippen LogP contribution < -0.4 is 4.72 Å². The molecule has 0 saturated carbocycles. The van der Waals surface area contributed by atoms with Crippen molar-refractivity contribution in [1.29, 1.82) is 0 Å². The Morgan fingerprint density at radius 3 is 3.05 bits per heavy atom. The van der Waals surface area contributed by atoms with Crippen molar-refractivity contribution in [2.45, 2.75) is 32.7 Å². The molecule has 0 atom stereocenters. The van der Waals surface area contributed by atoms with Crippen molar-refractivity contribution in [3.05, 3.63) is 36.3 Å². The number of hydrogen-bond donors (Lipinski definition) is 1. The minimum absolute atomic E-state index is 0.138. The average Bonchev–Trinajstić information content (AvgIpc) is 3.00. The van der Waals surface area contributed by atoms with E-state index in [4.69, 9.17) is 0 Å². The summed E-state index contributed by atoms with van der Waals surface area (Å²) in [5, 5.41) is 0. The number of fused-ring (bicyclic) bond motifs is 1. The third-order valence-corrected chi connectivity index (χ3v) is 5.12. The predicted molar refractivity (Wildman–Crippen MR) is 83.7 cm³/mol. The summed E-state index contributed by atoms with van der Waals surface area (Å²) in [6.45, 7) is 2.84. The molecule has 21 heavy (non-hydrogen) atoms. The standard InChI is InChI=1S/C15H19N3O2S/c1-2-9-21(19,20)17-13-6-3-5-12(10-13)14-11-16-15-7-4-8-18(14)15/h3,5-6,10-11,17H,2,4,7-9H2,1H3. The second kappa shape index (κ2) is 5.52. The van der Waals surface area contributed by atoms with Gasteiger partial charge in [-0.25, -0.2) is 13.4 Å². The van der Waals surface area contributed by atoms with Crippen LogP contribution in [0.25, 0.3) is 11.3 Å². The molecular formula is C15H19N3O2S. The Balaban J connectivity index is 1.90. The van der Waals surface area contributed by atoms with E-state index in [2.05, 4.69) is 14.3 Å². The van der Waals surface area contributed by atoms with E-state index in [1.54, 1.807) is 6.07 Å². The number of imidazole rings is 1. The van der Waals surface area contributed by atoms with Crippen LogP contribution in [0, 0.1) is 0 Å². The van der Waals surface area contributed by atoms with Crippen LogP contribution in [0.15, 0.2) is 30.5 Å². The van der Waals surface area contributed by atoms with E-state index in [0.717, 1.165) is 36.5 Å². The summed E-state index contributed by atoms with van der Waals surface area (Å²) in [7, 11) is -3.25.